The SMILES string of the molecule is N[C@@H]1CC[C@H](CNS(=O)(=O)C2CC2)C1. The third-order valence-electron chi connectivity index (χ3n) is 3.12. The van der Waals surface area contributed by atoms with Crippen molar-refractivity contribution in [2.45, 2.75) is 43.4 Å². The van der Waals surface area contributed by atoms with Crippen molar-refractivity contribution in [2.75, 3.05) is 6.54 Å². The summed E-state index contributed by atoms with van der Waals surface area (Å²) in [7, 11) is -2.98. The van der Waals surface area contributed by atoms with Gasteiger partial charge in [0.05, 0.1) is 5.25 Å². The van der Waals surface area contributed by atoms with Gasteiger partial charge in [-0.1, -0.05) is 0 Å². The van der Waals surface area contributed by atoms with Crippen LogP contribution in [-0.2, 0) is 10.0 Å². The average molecular weight is 218 g/mol. The second-order valence-corrected chi connectivity index (χ2v) is 6.58. The maximum Gasteiger partial charge on any atom is 0.214 e. The zero-order chi connectivity index (χ0) is 10.2. The van der Waals surface area contributed by atoms with Crippen LogP contribution < -0.4 is 10.5 Å². The summed E-state index contributed by atoms with van der Waals surface area (Å²) >= 11 is 0. The van der Waals surface area contributed by atoms with Crippen LogP contribution in [0.2, 0.25) is 0 Å². The summed E-state index contributed by atoms with van der Waals surface area (Å²) in [5, 5.41) is -0.0995. The highest BCUT2D eigenvalue weighted by molar-refractivity contribution is 7.90. The van der Waals surface area contributed by atoms with E-state index in [1.165, 1.54) is 0 Å². The number of sulfonamides is 1. The molecule has 0 aromatic rings. The standard InChI is InChI=1S/C9H18N2O2S/c10-8-2-1-7(5-8)6-11-14(12,13)9-3-4-9/h7-9,11H,1-6,10H2/t7-,8+/m0/s1. The van der Waals surface area contributed by atoms with E-state index in [1.807, 2.05) is 0 Å². The highest BCUT2D eigenvalue weighted by atomic mass is 32.2. The lowest BCUT2D eigenvalue weighted by molar-refractivity contribution is 0.512. The van der Waals surface area contributed by atoms with Gasteiger partial charge in [-0.15, -0.1) is 0 Å². The summed E-state index contributed by atoms with van der Waals surface area (Å²) < 4.78 is 25.7. The van der Waals surface area contributed by atoms with Gasteiger partial charge in [-0.3, -0.25) is 0 Å². The Balaban J connectivity index is 1.76. The fourth-order valence-corrected chi connectivity index (χ4v) is 3.49. The molecule has 2 aliphatic rings. The lowest BCUT2D eigenvalue weighted by atomic mass is 10.1. The summed E-state index contributed by atoms with van der Waals surface area (Å²) in [4.78, 5) is 0. The zero-order valence-electron chi connectivity index (χ0n) is 8.28. The molecule has 2 fully saturated rings. The first-order valence-electron chi connectivity index (χ1n) is 5.32. The molecule has 2 aliphatic carbocycles. The Morgan fingerprint density at radius 3 is 2.43 bits per heavy atom. The molecule has 2 saturated carbocycles. The smallest absolute Gasteiger partial charge is 0.214 e. The Hall–Kier alpha value is -0.130. The zero-order valence-corrected chi connectivity index (χ0v) is 9.09. The van der Waals surface area contributed by atoms with E-state index in [-0.39, 0.29) is 11.3 Å². The number of nitrogens with one attached hydrogen (secondary N) is 1. The van der Waals surface area contributed by atoms with Crippen molar-refractivity contribution >= 4 is 10.0 Å². The Morgan fingerprint density at radius 2 is 1.93 bits per heavy atom. The molecule has 0 spiro atoms. The van der Waals surface area contributed by atoms with Gasteiger partial charge in [0.15, 0.2) is 0 Å². The van der Waals surface area contributed by atoms with E-state index >= 15 is 0 Å². The summed E-state index contributed by atoms with van der Waals surface area (Å²) in [5.74, 6) is 0.457. The number of hydrogen-bond acceptors (Lipinski definition) is 3. The topological polar surface area (TPSA) is 72.2 Å². The largest absolute Gasteiger partial charge is 0.328 e. The van der Waals surface area contributed by atoms with Crippen LogP contribution in [0, 0.1) is 5.92 Å². The molecule has 0 saturated heterocycles. The van der Waals surface area contributed by atoms with E-state index in [2.05, 4.69) is 4.72 Å². The lowest BCUT2D eigenvalue weighted by Gasteiger charge is -2.10. The van der Waals surface area contributed by atoms with Crippen LogP contribution in [0.5, 0.6) is 0 Å². The van der Waals surface area contributed by atoms with Crippen LogP contribution in [0.1, 0.15) is 32.1 Å². The number of hydrogen-bond donors (Lipinski definition) is 2. The van der Waals surface area contributed by atoms with E-state index in [0.29, 0.717) is 12.5 Å². The van der Waals surface area contributed by atoms with Crippen molar-refractivity contribution in [3.8, 4) is 0 Å². The van der Waals surface area contributed by atoms with E-state index in [4.69, 9.17) is 5.73 Å². The van der Waals surface area contributed by atoms with Crippen molar-refractivity contribution in [2.24, 2.45) is 11.7 Å². The van der Waals surface area contributed by atoms with Crippen molar-refractivity contribution < 1.29 is 8.42 Å². The normalized spacial score (nSPS) is 33.5. The number of nitrogens with two attached hydrogens (primary N) is 1. The van der Waals surface area contributed by atoms with Crippen molar-refractivity contribution in [3.05, 3.63) is 0 Å². The van der Waals surface area contributed by atoms with E-state index in [0.717, 1.165) is 32.1 Å². The molecule has 0 bridgehead atoms. The van der Waals surface area contributed by atoms with E-state index in [1.54, 1.807) is 0 Å². The van der Waals surface area contributed by atoms with Crippen LogP contribution >= 0.6 is 0 Å². The van der Waals surface area contributed by atoms with Gasteiger partial charge in [-0.2, -0.15) is 0 Å². The first kappa shape index (κ1) is 10.4. The van der Waals surface area contributed by atoms with E-state index in [9.17, 15) is 8.42 Å². The fraction of sp³-hybridized carbons (Fsp3) is 1.00. The van der Waals surface area contributed by atoms with Gasteiger partial charge in [0.1, 0.15) is 0 Å². The van der Waals surface area contributed by atoms with Crippen LogP contribution in [0.25, 0.3) is 0 Å². The fourth-order valence-electron chi connectivity index (χ4n) is 2.03. The van der Waals surface area contributed by atoms with E-state index < -0.39 is 10.0 Å². The molecular weight excluding hydrogens is 200 g/mol. The first-order chi connectivity index (χ1) is 6.58. The molecule has 0 radical (unpaired) electrons. The Morgan fingerprint density at radius 1 is 1.21 bits per heavy atom. The van der Waals surface area contributed by atoms with Gasteiger partial charge in [0.2, 0.25) is 10.0 Å². The van der Waals surface area contributed by atoms with Crippen LogP contribution in [0.15, 0.2) is 0 Å². The second kappa shape index (κ2) is 3.79. The summed E-state index contributed by atoms with van der Waals surface area (Å²) in [6, 6.07) is 0.283. The monoisotopic (exact) mass is 218 g/mol. The molecule has 0 aromatic heterocycles. The molecule has 2 rings (SSSR count). The minimum atomic E-state index is -2.98. The highest BCUT2D eigenvalue weighted by Gasteiger charge is 2.36. The molecule has 0 heterocycles. The first-order valence-corrected chi connectivity index (χ1v) is 6.86. The Kier molecular flexibility index (Phi) is 2.81. The summed E-state index contributed by atoms with van der Waals surface area (Å²) in [6.45, 7) is 0.590. The van der Waals surface area contributed by atoms with Gasteiger partial charge in [0, 0.05) is 12.6 Å². The van der Waals surface area contributed by atoms with Gasteiger partial charge < -0.3 is 5.73 Å². The third-order valence-corrected chi connectivity index (χ3v) is 5.04. The van der Waals surface area contributed by atoms with Gasteiger partial charge in [0.25, 0.3) is 0 Å². The third kappa shape index (κ3) is 2.46. The quantitative estimate of drug-likeness (QED) is 0.708. The summed E-state index contributed by atoms with van der Waals surface area (Å²) in [6.07, 6.45) is 4.73. The van der Waals surface area contributed by atoms with Crippen LogP contribution in [0.3, 0.4) is 0 Å². The molecule has 82 valence electrons. The lowest BCUT2D eigenvalue weighted by Crippen LogP contribution is -2.31. The molecule has 0 unspecified atom stereocenters. The Labute approximate surface area is 85.3 Å². The molecule has 5 heteroatoms. The number of rotatable bonds is 4. The minimum Gasteiger partial charge on any atom is -0.328 e. The molecule has 2 atom stereocenters. The van der Waals surface area contributed by atoms with Crippen molar-refractivity contribution in [3.63, 3.8) is 0 Å². The van der Waals surface area contributed by atoms with Gasteiger partial charge in [-0.25, -0.2) is 13.1 Å². The molecule has 3 N–H and O–H groups in total. The van der Waals surface area contributed by atoms with Crippen LogP contribution in [0.4, 0.5) is 0 Å². The maximum atomic E-state index is 11.5. The second-order valence-electron chi connectivity index (χ2n) is 4.53. The summed E-state index contributed by atoms with van der Waals surface area (Å²) in [5.41, 5.74) is 5.76. The van der Waals surface area contributed by atoms with Gasteiger partial charge in [-0.05, 0) is 38.0 Å². The molecule has 0 aromatic carbocycles. The predicted octanol–water partition coefficient (Wildman–Crippen LogP) is 0.196. The van der Waals surface area contributed by atoms with Crippen molar-refractivity contribution in [1.82, 2.24) is 4.72 Å². The average Bonchev–Trinajstić information content (AvgIpc) is 2.89. The molecule has 0 amide bonds. The Bertz CT molecular complexity index is 298. The highest BCUT2D eigenvalue weighted by Crippen LogP contribution is 2.28. The van der Waals surface area contributed by atoms with Gasteiger partial charge >= 0.3 is 0 Å². The minimum absolute atomic E-state index is 0.0995. The predicted molar refractivity (Wildman–Crippen MR) is 55.3 cm³/mol. The van der Waals surface area contributed by atoms with Crippen molar-refractivity contribution in [1.29, 1.82) is 0 Å². The molecular formula is C9H18N2O2S. The maximum absolute atomic E-state index is 11.5. The van der Waals surface area contributed by atoms with Crippen LogP contribution in [-0.4, -0.2) is 26.3 Å². The molecule has 4 nitrogen and oxygen atoms in total. The molecule has 14 heavy (non-hydrogen) atoms. The molecule has 0 aliphatic heterocycles.